The highest BCUT2D eigenvalue weighted by Crippen LogP contribution is 2.19. The lowest BCUT2D eigenvalue weighted by atomic mass is 10.2. The Hall–Kier alpha value is -1.35. The SMILES string of the molecule is CSCCC(NS(=O)(=O)c1ccccc1)C(=O)NC(C)c1cccs1. The van der Waals surface area contributed by atoms with Crippen LogP contribution in [0.15, 0.2) is 52.7 Å². The number of thioether (sulfide) groups is 1. The minimum atomic E-state index is -3.74. The maximum atomic E-state index is 12.6. The van der Waals surface area contributed by atoms with Crippen LogP contribution < -0.4 is 10.0 Å². The van der Waals surface area contributed by atoms with Crippen LogP contribution in [0.1, 0.15) is 24.3 Å². The first-order valence-corrected chi connectivity index (χ1v) is 11.6. The van der Waals surface area contributed by atoms with Gasteiger partial charge in [-0.05, 0) is 48.9 Å². The Morgan fingerprint density at radius 1 is 1.20 bits per heavy atom. The van der Waals surface area contributed by atoms with Crippen LogP contribution in [0, 0.1) is 0 Å². The number of benzene rings is 1. The fourth-order valence-corrected chi connectivity index (χ4v) is 4.71. The van der Waals surface area contributed by atoms with Gasteiger partial charge >= 0.3 is 0 Å². The first-order chi connectivity index (χ1) is 11.9. The summed E-state index contributed by atoms with van der Waals surface area (Å²) >= 11 is 3.13. The highest BCUT2D eigenvalue weighted by molar-refractivity contribution is 7.98. The second-order valence-electron chi connectivity index (χ2n) is 5.51. The Bertz CT molecular complexity index is 762. The van der Waals surface area contributed by atoms with E-state index >= 15 is 0 Å². The van der Waals surface area contributed by atoms with Crippen molar-refractivity contribution in [1.82, 2.24) is 10.0 Å². The molecule has 1 aromatic carbocycles. The summed E-state index contributed by atoms with van der Waals surface area (Å²) in [6.07, 6.45) is 2.35. The highest BCUT2D eigenvalue weighted by atomic mass is 32.2. The summed E-state index contributed by atoms with van der Waals surface area (Å²) in [6.45, 7) is 1.89. The van der Waals surface area contributed by atoms with Crippen molar-refractivity contribution in [3.8, 4) is 0 Å². The lowest BCUT2D eigenvalue weighted by Gasteiger charge is -2.21. The van der Waals surface area contributed by atoms with E-state index in [1.54, 1.807) is 41.3 Å². The molecule has 25 heavy (non-hydrogen) atoms. The largest absolute Gasteiger partial charge is 0.347 e. The average molecular weight is 399 g/mol. The van der Waals surface area contributed by atoms with Crippen LogP contribution >= 0.6 is 23.1 Å². The van der Waals surface area contributed by atoms with Gasteiger partial charge in [0.1, 0.15) is 6.04 Å². The van der Waals surface area contributed by atoms with Crippen LogP contribution in [-0.4, -0.2) is 32.4 Å². The number of carbonyl (C=O) groups is 1. The molecule has 0 spiro atoms. The third-order valence-corrected chi connectivity index (χ3v) is 6.79. The quantitative estimate of drug-likeness (QED) is 0.681. The van der Waals surface area contributed by atoms with Crippen molar-refractivity contribution in [3.05, 3.63) is 52.7 Å². The molecule has 8 heteroatoms. The summed E-state index contributed by atoms with van der Waals surface area (Å²) in [7, 11) is -3.74. The molecule has 1 heterocycles. The fraction of sp³-hybridized carbons (Fsp3) is 0.353. The van der Waals surface area contributed by atoms with E-state index in [1.807, 2.05) is 30.7 Å². The number of rotatable bonds is 9. The zero-order valence-electron chi connectivity index (χ0n) is 14.1. The molecular weight excluding hydrogens is 376 g/mol. The van der Waals surface area contributed by atoms with Gasteiger partial charge in [0.25, 0.3) is 0 Å². The van der Waals surface area contributed by atoms with Crippen LogP contribution in [0.2, 0.25) is 0 Å². The molecule has 0 saturated carbocycles. The van der Waals surface area contributed by atoms with Gasteiger partial charge in [-0.15, -0.1) is 11.3 Å². The summed E-state index contributed by atoms with van der Waals surface area (Å²) < 4.78 is 27.6. The van der Waals surface area contributed by atoms with Crippen molar-refractivity contribution in [1.29, 1.82) is 0 Å². The van der Waals surface area contributed by atoms with Gasteiger partial charge in [0.2, 0.25) is 15.9 Å². The molecule has 0 aliphatic heterocycles. The van der Waals surface area contributed by atoms with E-state index in [1.165, 1.54) is 12.1 Å². The van der Waals surface area contributed by atoms with Gasteiger partial charge in [-0.2, -0.15) is 16.5 Å². The summed E-state index contributed by atoms with van der Waals surface area (Å²) in [5.41, 5.74) is 0. The molecule has 2 aromatic rings. The molecule has 2 atom stereocenters. The number of nitrogens with one attached hydrogen (secondary N) is 2. The maximum Gasteiger partial charge on any atom is 0.241 e. The lowest BCUT2D eigenvalue weighted by Crippen LogP contribution is -2.47. The Kier molecular flexibility index (Phi) is 7.49. The Morgan fingerprint density at radius 3 is 2.52 bits per heavy atom. The van der Waals surface area contributed by atoms with Crippen LogP contribution in [0.25, 0.3) is 0 Å². The van der Waals surface area contributed by atoms with E-state index in [2.05, 4.69) is 10.0 Å². The Morgan fingerprint density at radius 2 is 1.92 bits per heavy atom. The number of hydrogen-bond donors (Lipinski definition) is 2. The molecule has 2 N–H and O–H groups in total. The predicted octanol–water partition coefficient (Wildman–Crippen LogP) is 3.03. The second kappa shape index (κ2) is 9.38. The van der Waals surface area contributed by atoms with Gasteiger partial charge in [0.05, 0.1) is 10.9 Å². The van der Waals surface area contributed by atoms with Gasteiger partial charge in [-0.3, -0.25) is 4.79 Å². The third-order valence-electron chi connectivity index (χ3n) is 3.61. The van der Waals surface area contributed by atoms with Crippen molar-refractivity contribution >= 4 is 39.0 Å². The van der Waals surface area contributed by atoms with Crippen molar-refractivity contribution in [2.45, 2.75) is 30.3 Å². The highest BCUT2D eigenvalue weighted by Gasteiger charge is 2.26. The van der Waals surface area contributed by atoms with Gasteiger partial charge in [0, 0.05) is 4.88 Å². The van der Waals surface area contributed by atoms with Gasteiger partial charge in [0.15, 0.2) is 0 Å². The van der Waals surface area contributed by atoms with Gasteiger partial charge in [-0.1, -0.05) is 24.3 Å². The minimum absolute atomic E-state index is 0.156. The molecule has 0 aliphatic carbocycles. The van der Waals surface area contributed by atoms with E-state index in [-0.39, 0.29) is 16.8 Å². The maximum absolute atomic E-state index is 12.6. The Labute approximate surface area is 157 Å². The first kappa shape index (κ1) is 20.0. The average Bonchev–Trinajstić information content (AvgIpc) is 3.14. The van der Waals surface area contributed by atoms with Crippen LogP contribution in [0.5, 0.6) is 0 Å². The summed E-state index contributed by atoms with van der Waals surface area (Å²) in [5, 5.41) is 4.85. The molecule has 0 bridgehead atoms. The monoisotopic (exact) mass is 398 g/mol. The molecule has 2 unspecified atom stereocenters. The smallest absolute Gasteiger partial charge is 0.241 e. The van der Waals surface area contributed by atoms with Gasteiger partial charge in [-0.25, -0.2) is 8.42 Å². The fourth-order valence-electron chi connectivity index (χ4n) is 2.26. The van der Waals surface area contributed by atoms with Crippen molar-refractivity contribution in [2.75, 3.05) is 12.0 Å². The van der Waals surface area contributed by atoms with Crippen molar-refractivity contribution in [3.63, 3.8) is 0 Å². The van der Waals surface area contributed by atoms with Crippen molar-refractivity contribution in [2.24, 2.45) is 0 Å². The normalized spacial score (nSPS) is 14.0. The number of carbonyl (C=O) groups excluding carboxylic acids is 1. The number of amides is 1. The summed E-state index contributed by atoms with van der Waals surface area (Å²) in [4.78, 5) is 13.8. The Balaban J connectivity index is 2.11. The van der Waals surface area contributed by atoms with Crippen LogP contribution in [0.3, 0.4) is 0 Å². The van der Waals surface area contributed by atoms with E-state index < -0.39 is 16.1 Å². The van der Waals surface area contributed by atoms with E-state index in [9.17, 15) is 13.2 Å². The summed E-state index contributed by atoms with van der Waals surface area (Å²) in [6, 6.07) is 11.0. The molecule has 0 radical (unpaired) electrons. The molecule has 0 aliphatic rings. The van der Waals surface area contributed by atoms with E-state index in [0.717, 1.165) is 4.88 Å². The number of hydrogen-bond acceptors (Lipinski definition) is 5. The molecule has 5 nitrogen and oxygen atoms in total. The topological polar surface area (TPSA) is 75.3 Å². The molecular formula is C17H22N2O3S3. The van der Waals surface area contributed by atoms with Crippen molar-refractivity contribution < 1.29 is 13.2 Å². The minimum Gasteiger partial charge on any atom is -0.347 e. The zero-order chi connectivity index (χ0) is 18.3. The van der Waals surface area contributed by atoms with Crippen LogP contribution in [-0.2, 0) is 14.8 Å². The molecule has 1 aromatic heterocycles. The first-order valence-electron chi connectivity index (χ1n) is 7.84. The van der Waals surface area contributed by atoms with Crippen LogP contribution in [0.4, 0.5) is 0 Å². The predicted molar refractivity (Wildman–Crippen MR) is 104 cm³/mol. The zero-order valence-corrected chi connectivity index (χ0v) is 16.6. The molecule has 2 rings (SSSR count). The number of thiophene rings is 1. The summed E-state index contributed by atoms with van der Waals surface area (Å²) in [5.74, 6) is 0.373. The van der Waals surface area contributed by atoms with E-state index in [0.29, 0.717) is 12.2 Å². The molecule has 1 amide bonds. The molecule has 0 saturated heterocycles. The number of sulfonamides is 1. The lowest BCUT2D eigenvalue weighted by molar-refractivity contribution is -0.123. The standard InChI is InChI=1S/C17H22N2O3S3/c1-13(16-9-6-11-24-16)18-17(20)15(10-12-23-2)19-25(21,22)14-7-4-3-5-8-14/h3-9,11,13,15,19H,10,12H2,1-2H3,(H,18,20). The third kappa shape index (κ3) is 5.85. The van der Waals surface area contributed by atoms with Gasteiger partial charge < -0.3 is 5.32 Å². The molecule has 0 fully saturated rings. The van der Waals surface area contributed by atoms with E-state index in [4.69, 9.17) is 0 Å². The molecule has 136 valence electrons. The second-order valence-corrected chi connectivity index (χ2v) is 9.19.